The minimum atomic E-state index is -0.596. The highest BCUT2D eigenvalue weighted by Crippen LogP contribution is 2.23. The Bertz CT molecular complexity index is 318. The Kier molecular flexibility index (Phi) is 3.86. The molecule has 1 N–H and O–H groups in total. The van der Waals surface area contributed by atoms with E-state index in [-0.39, 0.29) is 0 Å². The fourth-order valence-electron chi connectivity index (χ4n) is 1.35. The van der Waals surface area contributed by atoms with E-state index < -0.39 is 6.10 Å². The predicted octanol–water partition coefficient (Wildman–Crippen LogP) is 2.44. The van der Waals surface area contributed by atoms with Crippen molar-refractivity contribution in [2.75, 3.05) is 7.11 Å². The number of methoxy groups -OCH3 is 1. The Morgan fingerprint density at radius 3 is 2.71 bits per heavy atom. The Morgan fingerprint density at radius 1 is 1.50 bits per heavy atom. The van der Waals surface area contributed by atoms with Crippen molar-refractivity contribution in [1.29, 1.82) is 0 Å². The first-order valence-corrected chi connectivity index (χ1v) is 4.57. The van der Waals surface area contributed by atoms with E-state index >= 15 is 0 Å². The number of rotatable bonds is 4. The third kappa shape index (κ3) is 2.44. The molecule has 1 rings (SSSR count). The lowest BCUT2D eigenvalue weighted by molar-refractivity contribution is 0.175. The lowest BCUT2D eigenvalue weighted by Gasteiger charge is -2.14. The molecular formula is C12H16O2. The second-order valence-electron chi connectivity index (χ2n) is 3.38. The van der Waals surface area contributed by atoms with E-state index in [0.717, 1.165) is 16.7 Å². The highest BCUT2D eigenvalue weighted by atomic mass is 16.5. The molecular weight excluding hydrogens is 176 g/mol. The molecule has 0 fully saturated rings. The normalized spacial score (nSPS) is 12.5. The zero-order valence-electron chi connectivity index (χ0n) is 8.66. The Morgan fingerprint density at radius 2 is 2.14 bits per heavy atom. The minimum Gasteiger partial charge on any atom is -0.384 e. The SMILES string of the molecule is C=C(C)C(O)c1ccccc1COC. The molecule has 0 aliphatic rings. The summed E-state index contributed by atoms with van der Waals surface area (Å²) < 4.78 is 5.06. The number of aliphatic hydroxyl groups is 1. The molecule has 0 bridgehead atoms. The highest BCUT2D eigenvalue weighted by Gasteiger charge is 2.11. The second-order valence-corrected chi connectivity index (χ2v) is 3.38. The summed E-state index contributed by atoms with van der Waals surface area (Å²) in [6.07, 6.45) is -0.596. The van der Waals surface area contributed by atoms with E-state index in [4.69, 9.17) is 4.74 Å². The first-order valence-electron chi connectivity index (χ1n) is 4.57. The first kappa shape index (κ1) is 11.0. The third-order valence-corrected chi connectivity index (χ3v) is 2.12. The van der Waals surface area contributed by atoms with Gasteiger partial charge in [0.05, 0.1) is 12.7 Å². The Balaban J connectivity index is 3.00. The predicted molar refractivity (Wildman–Crippen MR) is 56.9 cm³/mol. The van der Waals surface area contributed by atoms with E-state index in [0.29, 0.717) is 6.61 Å². The summed E-state index contributed by atoms with van der Waals surface area (Å²) in [6, 6.07) is 7.68. The minimum absolute atomic E-state index is 0.514. The van der Waals surface area contributed by atoms with Crippen LogP contribution in [0.5, 0.6) is 0 Å². The van der Waals surface area contributed by atoms with Crippen molar-refractivity contribution in [1.82, 2.24) is 0 Å². The molecule has 2 nitrogen and oxygen atoms in total. The molecule has 0 aliphatic carbocycles. The molecule has 0 heterocycles. The van der Waals surface area contributed by atoms with Crippen LogP contribution in [0.15, 0.2) is 36.4 Å². The zero-order chi connectivity index (χ0) is 10.6. The summed E-state index contributed by atoms with van der Waals surface area (Å²) in [7, 11) is 1.64. The molecule has 2 heteroatoms. The van der Waals surface area contributed by atoms with Gasteiger partial charge in [-0.2, -0.15) is 0 Å². The van der Waals surface area contributed by atoms with Crippen LogP contribution in [0.2, 0.25) is 0 Å². The van der Waals surface area contributed by atoms with Crippen LogP contribution < -0.4 is 0 Å². The number of benzene rings is 1. The summed E-state index contributed by atoms with van der Waals surface area (Å²) in [5.41, 5.74) is 2.63. The molecule has 1 aromatic rings. The van der Waals surface area contributed by atoms with Gasteiger partial charge in [-0.05, 0) is 23.6 Å². The first-order chi connectivity index (χ1) is 6.66. The largest absolute Gasteiger partial charge is 0.384 e. The van der Waals surface area contributed by atoms with Gasteiger partial charge in [0.15, 0.2) is 0 Å². The maximum Gasteiger partial charge on any atom is 0.0999 e. The summed E-state index contributed by atoms with van der Waals surface area (Å²) in [5, 5.41) is 9.85. The third-order valence-electron chi connectivity index (χ3n) is 2.12. The number of hydrogen-bond acceptors (Lipinski definition) is 2. The van der Waals surface area contributed by atoms with Crippen LogP contribution in [0.4, 0.5) is 0 Å². The van der Waals surface area contributed by atoms with Crippen molar-refractivity contribution in [3.63, 3.8) is 0 Å². The Hall–Kier alpha value is -1.12. The average molecular weight is 192 g/mol. The van der Waals surface area contributed by atoms with Crippen LogP contribution in [-0.2, 0) is 11.3 Å². The van der Waals surface area contributed by atoms with Crippen LogP contribution in [0.3, 0.4) is 0 Å². The maximum absolute atomic E-state index is 9.85. The molecule has 0 radical (unpaired) electrons. The van der Waals surface area contributed by atoms with E-state index in [1.807, 2.05) is 31.2 Å². The number of hydrogen-bond donors (Lipinski definition) is 1. The zero-order valence-corrected chi connectivity index (χ0v) is 8.66. The lowest BCUT2D eigenvalue weighted by atomic mass is 9.99. The van der Waals surface area contributed by atoms with E-state index in [9.17, 15) is 5.11 Å². The van der Waals surface area contributed by atoms with Crippen LogP contribution in [0.1, 0.15) is 24.2 Å². The fraction of sp³-hybridized carbons (Fsp3) is 0.333. The van der Waals surface area contributed by atoms with Gasteiger partial charge < -0.3 is 9.84 Å². The van der Waals surface area contributed by atoms with Gasteiger partial charge >= 0.3 is 0 Å². The summed E-state index contributed by atoms with van der Waals surface area (Å²) in [4.78, 5) is 0. The molecule has 0 amide bonds. The maximum atomic E-state index is 9.85. The molecule has 0 saturated heterocycles. The van der Waals surface area contributed by atoms with Gasteiger partial charge in [-0.25, -0.2) is 0 Å². The van der Waals surface area contributed by atoms with Crippen molar-refractivity contribution in [2.24, 2.45) is 0 Å². The summed E-state index contributed by atoms with van der Waals surface area (Å²) in [5.74, 6) is 0. The molecule has 1 aromatic carbocycles. The van der Waals surface area contributed by atoms with Crippen molar-refractivity contribution >= 4 is 0 Å². The molecule has 76 valence electrons. The monoisotopic (exact) mass is 192 g/mol. The van der Waals surface area contributed by atoms with Crippen molar-refractivity contribution in [2.45, 2.75) is 19.6 Å². The van der Waals surface area contributed by atoms with Crippen LogP contribution in [0, 0.1) is 0 Å². The van der Waals surface area contributed by atoms with E-state index in [2.05, 4.69) is 6.58 Å². The lowest BCUT2D eigenvalue weighted by Crippen LogP contribution is -2.03. The standard InChI is InChI=1S/C12H16O2/c1-9(2)12(13)11-7-5-4-6-10(11)8-14-3/h4-7,12-13H,1,8H2,2-3H3. The van der Waals surface area contributed by atoms with Crippen molar-refractivity contribution < 1.29 is 9.84 Å². The molecule has 0 saturated carbocycles. The molecule has 1 unspecified atom stereocenters. The van der Waals surface area contributed by atoms with Gasteiger partial charge in [0.1, 0.15) is 0 Å². The van der Waals surface area contributed by atoms with Crippen LogP contribution in [-0.4, -0.2) is 12.2 Å². The Labute approximate surface area is 84.8 Å². The molecule has 1 atom stereocenters. The molecule has 14 heavy (non-hydrogen) atoms. The molecule has 0 aromatic heterocycles. The van der Waals surface area contributed by atoms with Crippen LogP contribution >= 0.6 is 0 Å². The van der Waals surface area contributed by atoms with Gasteiger partial charge in [-0.1, -0.05) is 30.8 Å². The van der Waals surface area contributed by atoms with E-state index in [1.54, 1.807) is 7.11 Å². The van der Waals surface area contributed by atoms with Crippen LogP contribution in [0.25, 0.3) is 0 Å². The van der Waals surface area contributed by atoms with Crippen molar-refractivity contribution in [3.05, 3.63) is 47.5 Å². The average Bonchev–Trinajstić information content (AvgIpc) is 2.18. The van der Waals surface area contributed by atoms with Gasteiger partial charge in [-0.3, -0.25) is 0 Å². The summed E-state index contributed by atoms with van der Waals surface area (Å²) in [6.45, 7) is 6.07. The second kappa shape index (κ2) is 4.94. The van der Waals surface area contributed by atoms with E-state index in [1.165, 1.54) is 0 Å². The topological polar surface area (TPSA) is 29.5 Å². The van der Waals surface area contributed by atoms with Gasteiger partial charge in [0, 0.05) is 7.11 Å². The number of ether oxygens (including phenoxy) is 1. The molecule has 0 spiro atoms. The quantitative estimate of drug-likeness (QED) is 0.742. The fourth-order valence-corrected chi connectivity index (χ4v) is 1.35. The van der Waals surface area contributed by atoms with Crippen molar-refractivity contribution in [3.8, 4) is 0 Å². The smallest absolute Gasteiger partial charge is 0.0999 e. The number of aliphatic hydroxyl groups excluding tert-OH is 1. The summed E-state index contributed by atoms with van der Waals surface area (Å²) >= 11 is 0. The molecule has 0 aliphatic heterocycles. The highest BCUT2D eigenvalue weighted by molar-refractivity contribution is 5.32. The van der Waals surface area contributed by atoms with Gasteiger partial charge in [0.25, 0.3) is 0 Å². The van der Waals surface area contributed by atoms with Gasteiger partial charge in [0.2, 0.25) is 0 Å². The van der Waals surface area contributed by atoms with Gasteiger partial charge in [-0.15, -0.1) is 0 Å².